The van der Waals surface area contributed by atoms with E-state index in [1.807, 2.05) is 0 Å². The van der Waals surface area contributed by atoms with E-state index in [9.17, 15) is 0 Å². The molecule has 2 aliphatic rings. The van der Waals surface area contributed by atoms with Crippen LogP contribution >= 0.6 is 0 Å². The van der Waals surface area contributed by atoms with Gasteiger partial charge in [0.15, 0.2) is 0 Å². The molecule has 13 heavy (non-hydrogen) atoms. The molecule has 2 saturated carbocycles. The summed E-state index contributed by atoms with van der Waals surface area (Å²) in [6.45, 7) is 7.25. The molecular weight excluding hydrogens is 156 g/mol. The highest BCUT2D eigenvalue weighted by Gasteiger charge is 2.49. The lowest BCUT2D eigenvalue weighted by molar-refractivity contribution is 0.230. The van der Waals surface area contributed by atoms with Gasteiger partial charge in [0.25, 0.3) is 0 Å². The molecule has 0 N–H and O–H groups in total. The van der Waals surface area contributed by atoms with Crippen molar-refractivity contribution in [2.24, 2.45) is 23.2 Å². The zero-order valence-electron chi connectivity index (χ0n) is 9.47. The van der Waals surface area contributed by atoms with Crippen LogP contribution in [0.4, 0.5) is 0 Å². The Hall–Kier alpha value is 0. The Morgan fingerprint density at radius 2 is 1.62 bits per heavy atom. The molecule has 0 aromatic carbocycles. The van der Waals surface area contributed by atoms with Crippen LogP contribution < -0.4 is 0 Å². The van der Waals surface area contributed by atoms with Crippen LogP contribution in [0.5, 0.6) is 0 Å². The van der Waals surface area contributed by atoms with Gasteiger partial charge in [0.05, 0.1) is 0 Å². The van der Waals surface area contributed by atoms with Crippen LogP contribution in [0.3, 0.4) is 0 Å². The molecule has 0 saturated heterocycles. The maximum atomic E-state index is 2.45. The van der Waals surface area contributed by atoms with Crippen LogP contribution in [-0.4, -0.2) is 0 Å². The van der Waals surface area contributed by atoms with Gasteiger partial charge in [-0.05, 0) is 42.4 Å². The molecule has 0 nitrogen and oxygen atoms in total. The predicted molar refractivity (Wildman–Crippen MR) is 57.6 cm³/mol. The molecular formula is C13H24. The number of hydrogen-bond donors (Lipinski definition) is 0. The number of hydrogen-bond acceptors (Lipinski definition) is 0. The van der Waals surface area contributed by atoms with Gasteiger partial charge in [0.2, 0.25) is 0 Å². The van der Waals surface area contributed by atoms with E-state index >= 15 is 0 Å². The summed E-state index contributed by atoms with van der Waals surface area (Å²) in [4.78, 5) is 0. The molecule has 0 heteroatoms. The topological polar surface area (TPSA) is 0 Å². The fourth-order valence-electron chi connectivity index (χ4n) is 3.31. The average molecular weight is 180 g/mol. The van der Waals surface area contributed by atoms with Crippen LogP contribution in [0, 0.1) is 23.2 Å². The van der Waals surface area contributed by atoms with Gasteiger partial charge in [-0.1, -0.05) is 40.0 Å². The van der Waals surface area contributed by atoms with E-state index in [2.05, 4.69) is 20.8 Å². The lowest BCUT2D eigenvalue weighted by Gasteiger charge is -2.28. The summed E-state index contributed by atoms with van der Waals surface area (Å²) < 4.78 is 0. The summed E-state index contributed by atoms with van der Waals surface area (Å²) in [6, 6.07) is 0. The molecule has 0 amide bonds. The molecule has 0 aromatic rings. The Labute approximate surface area is 83.1 Å². The summed E-state index contributed by atoms with van der Waals surface area (Å²) in [6.07, 6.45) is 9.04. The Kier molecular flexibility index (Phi) is 2.42. The molecule has 1 unspecified atom stereocenters. The van der Waals surface area contributed by atoms with Crippen molar-refractivity contribution in [3.05, 3.63) is 0 Å². The molecule has 0 bridgehead atoms. The Morgan fingerprint density at radius 3 is 2.00 bits per heavy atom. The van der Waals surface area contributed by atoms with Crippen molar-refractivity contribution in [2.75, 3.05) is 0 Å². The van der Waals surface area contributed by atoms with Crippen molar-refractivity contribution in [1.29, 1.82) is 0 Å². The standard InChI is InChI=1S/C13H24/c1-4-10-5-7-11(8-6-10)12-9-13(12,2)3/h10-12H,4-9H2,1-3H3. The predicted octanol–water partition coefficient (Wildman–Crippen LogP) is 4.25. The third kappa shape index (κ3) is 1.92. The Balaban J connectivity index is 1.79. The van der Waals surface area contributed by atoms with Gasteiger partial charge in [-0.3, -0.25) is 0 Å². The van der Waals surface area contributed by atoms with Crippen molar-refractivity contribution in [3.8, 4) is 0 Å². The monoisotopic (exact) mass is 180 g/mol. The average Bonchev–Trinajstić information content (AvgIpc) is 2.76. The maximum absolute atomic E-state index is 2.45. The van der Waals surface area contributed by atoms with Crippen molar-refractivity contribution in [2.45, 2.75) is 59.3 Å². The first-order valence-corrected chi connectivity index (χ1v) is 6.13. The van der Waals surface area contributed by atoms with Gasteiger partial charge in [-0.2, -0.15) is 0 Å². The quantitative estimate of drug-likeness (QED) is 0.596. The molecule has 0 aliphatic heterocycles. The minimum atomic E-state index is 0.712. The second-order valence-corrected chi connectivity index (χ2v) is 5.99. The summed E-state index contributed by atoms with van der Waals surface area (Å²) >= 11 is 0. The summed E-state index contributed by atoms with van der Waals surface area (Å²) in [5.74, 6) is 3.25. The third-order valence-electron chi connectivity index (χ3n) is 4.63. The molecule has 0 aromatic heterocycles. The summed E-state index contributed by atoms with van der Waals surface area (Å²) in [7, 11) is 0. The van der Waals surface area contributed by atoms with E-state index in [0.717, 1.165) is 17.8 Å². The van der Waals surface area contributed by atoms with Crippen molar-refractivity contribution >= 4 is 0 Å². The molecule has 2 aliphatic carbocycles. The highest BCUT2D eigenvalue weighted by atomic mass is 14.5. The Bertz CT molecular complexity index is 172. The second-order valence-electron chi connectivity index (χ2n) is 5.99. The lowest BCUT2D eigenvalue weighted by Crippen LogP contribution is -2.17. The van der Waals surface area contributed by atoms with E-state index in [1.165, 1.54) is 38.5 Å². The van der Waals surface area contributed by atoms with Crippen molar-refractivity contribution < 1.29 is 0 Å². The van der Waals surface area contributed by atoms with Gasteiger partial charge in [0.1, 0.15) is 0 Å². The van der Waals surface area contributed by atoms with Gasteiger partial charge < -0.3 is 0 Å². The normalized spacial score (nSPS) is 43.2. The highest BCUT2D eigenvalue weighted by molar-refractivity contribution is 4.99. The largest absolute Gasteiger partial charge is 0.0651 e. The van der Waals surface area contributed by atoms with E-state index in [4.69, 9.17) is 0 Å². The maximum Gasteiger partial charge on any atom is -0.0320 e. The van der Waals surface area contributed by atoms with Gasteiger partial charge in [-0.15, -0.1) is 0 Å². The van der Waals surface area contributed by atoms with Crippen LogP contribution in [0.15, 0.2) is 0 Å². The number of rotatable bonds is 2. The molecule has 0 radical (unpaired) electrons. The van der Waals surface area contributed by atoms with E-state index in [-0.39, 0.29) is 0 Å². The summed E-state index contributed by atoms with van der Waals surface area (Å²) in [5.41, 5.74) is 0.712. The second kappa shape index (κ2) is 3.29. The first kappa shape index (κ1) is 9.55. The fraction of sp³-hybridized carbons (Fsp3) is 1.00. The van der Waals surface area contributed by atoms with E-state index in [1.54, 1.807) is 0 Å². The molecule has 1 atom stereocenters. The molecule has 0 spiro atoms. The van der Waals surface area contributed by atoms with Crippen molar-refractivity contribution in [3.63, 3.8) is 0 Å². The smallest absolute Gasteiger partial charge is 0.0320 e. The van der Waals surface area contributed by atoms with Gasteiger partial charge >= 0.3 is 0 Å². The molecule has 2 rings (SSSR count). The molecule has 76 valence electrons. The van der Waals surface area contributed by atoms with Crippen LogP contribution in [-0.2, 0) is 0 Å². The van der Waals surface area contributed by atoms with Gasteiger partial charge in [-0.25, -0.2) is 0 Å². The third-order valence-corrected chi connectivity index (χ3v) is 4.63. The van der Waals surface area contributed by atoms with Crippen LogP contribution in [0.1, 0.15) is 59.3 Å². The summed E-state index contributed by atoms with van der Waals surface area (Å²) in [5, 5.41) is 0. The molecule has 0 heterocycles. The lowest BCUT2D eigenvalue weighted by atomic mass is 9.77. The molecule has 2 fully saturated rings. The minimum Gasteiger partial charge on any atom is -0.0651 e. The van der Waals surface area contributed by atoms with E-state index in [0.29, 0.717) is 5.41 Å². The first-order valence-electron chi connectivity index (χ1n) is 6.13. The SMILES string of the molecule is CCC1CCC(C2CC2(C)C)CC1. The van der Waals surface area contributed by atoms with Crippen LogP contribution in [0.2, 0.25) is 0 Å². The zero-order chi connectivity index (χ0) is 9.47. The zero-order valence-corrected chi connectivity index (χ0v) is 9.47. The van der Waals surface area contributed by atoms with Crippen molar-refractivity contribution in [1.82, 2.24) is 0 Å². The fourth-order valence-corrected chi connectivity index (χ4v) is 3.31. The highest BCUT2D eigenvalue weighted by Crippen LogP contribution is 2.59. The minimum absolute atomic E-state index is 0.712. The van der Waals surface area contributed by atoms with E-state index < -0.39 is 0 Å². The van der Waals surface area contributed by atoms with Gasteiger partial charge in [0, 0.05) is 0 Å². The van der Waals surface area contributed by atoms with Crippen LogP contribution in [0.25, 0.3) is 0 Å². The Morgan fingerprint density at radius 1 is 1.08 bits per heavy atom. The first-order chi connectivity index (χ1) is 6.13.